The summed E-state index contributed by atoms with van der Waals surface area (Å²) in [6, 6.07) is 5.51. The Balaban J connectivity index is 2.13. The molecule has 6 heteroatoms. The van der Waals surface area contributed by atoms with E-state index >= 15 is 0 Å². The van der Waals surface area contributed by atoms with Crippen molar-refractivity contribution < 1.29 is 19.8 Å². The Hall–Kier alpha value is -2.47. The van der Waals surface area contributed by atoms with Gasteiger partial charge in [-0.3, -0.25) is 9.78 Å². The van der Waals surface area contributed by atoms with Gasteiger partial charge in [-0.05, 0) is 23.8 Å². The molecule has 2 aromatic heterocycles. The van der Waals surface area contributed by atoms with Crippen molar-refractivity contribution >= 4 is 28.8 Å². The minimum absolute atomic E-state index is 0.338. The number of aliphatic carboxylic acids is 1. The first-order valence-corrected chi connectivity index (χ1v) is 6.59. The highest BCUT2D eigenvalue weighted by Crippen LogP contribution is 2.22. The molecule has 0 bridgehead atoms. The first kappa shape index (κ1) is 14.0. The van der Waals surface area contributed by atoms with Crippen molar-refractivity contribution in [2.24, 2.45) is 0 Å². The van der Waals surface area contributed by atoms with Crippen LogP contribution >= 0.6 is 11.3 Å². The van der Waals surface area contributed by atoms with Gasteiger partial charge in [0.2, 0.25) is 0 Å². The summed E-state index contributed by atoms with van der Waals surface area (Å²) in [4.78, 5) is 26.3. The Morgan fingerprint density at radius 1 is 1.25 bits per heavy atom. The predicted octanol–water partition coefficient (Wildman–Crippen LogP) is 2.29. The van der Waals surface area contributed by atoms with Crippen molar-refractivity contribution in [1.29, 1.82) is 0 Å². The highest BCUT2D eigenvalue weighted by atomic mass is 32.1. The second-order valence-electron chi connectivity index (χ2n) is 4.03. The molecule has 0 radical (unpaired) electrons. The lowest BCUT2D eigenvalue weighted by Crippen LogP contribution is -2.09. The van der Waals surface area contributed by atoms with Crippen molar-refractivity contribution in [3.05, 3.63) is 58.1 Å². The van der Waals surface area contributed by atoms with Gasteiger partial charge in [0.15, 0.2) is 0 Å². The van der Waals surface area contributed by atoms with E-state index in [4.69, 9.17) is 5.11 Å². The van der Waals surface area contributed by atoms with E-state index in [2.05, 4.69) is 4.98 Å². The maximum atomic E-state index is 11.0. The van der Waals surface area contributed by atoms with Gasteiger partial charge in [-0.15, -0.1) is 11.3 Å². The Kier molecular flexibility index (Phi) is 4.27. The Morgan fingerprint density at radius 2 is 1.95 bits per heavy atom. The molecule has 0 saturated carbocycles. The van der Waals surface area contributed by atoms with Gasteiger partial charge < -0.3 is 10.2 Å². The minimum atomic E-state index is -1.59. The number of hydrogen-bond donors (Lipinski definition) is 2. The van der Waals surface area contributed by atoms with E-state index in [1.807, 2.05) is 12.1 Å². The van der Waals surface area contributed by atoms with Gasteiger partial charge in [0.1, 0.15) is 5.76 Å². The molecule has 2 heterocycles. The third-order valence-electron chi connectivity index (χ3n) is 2.56. The summed E-state index contributed by atoms with van der Waals surface area (Å²) in [5.74, 6) is -3.08. The largest absolute Gasteiger partial charge is 0.507 e. The minimum Gasteiger partial charge on any atom is -0.507 e. The standard InChI is InChI=1S/C14H11NO4S/c16-12(7-13(17)14(18)19)10-6-11(20-8-10)5-9-1-3-15-4-2-9/h1-4,6-8,16H,5H2,(H,18,19). The second kappa shape index (κ2) is 6.12. The lowest BCUT2D eigenvalue weighted by Gasteiger charge is -1.97. The number of pyridine rings is 1. The molecule has 0 aliphatic carbocycles. The normalized spacial score (nSPS) is 11.3. The number of carboxylic acid groups (broad SMARTS) is 1. The van der Waals surface area contributed by atoms with E-state index in [0.717, 1.165) is 10.4 Å². The van der Waals surface area contributed by atoms with E-state index in [0.29, 0.717) is 18.1 Å². The molecule has 2 N–H and O–H groups in total. The van der Waals surface area contributed by atoms with Crippen molar-refractivity contribution in [1.82, 2.24) is 4.98 Å². The summed E-state index contributed by atoms with van der Waals surface area (Å²) in [5.41, 5.74) is 1.52. The molecule has 0 aromatic carbocycles. The van der Waals surface area contributed by atoms with Crippen LogP contribution in [0.2, 0.25) is 0 Å². The molecule has 20 heavy (non-hydrogen) atoms. The molecular formula is C14H11NO4S. The van der Waals surface area contributed by atoms with Crippen LogP contribution in [0.15, 0.2) is 42.0 Å². The van der Waals surface area contributed by atoms with Crippen LogP contribution in [0.5, 0.6) is 0 Å². The predicted molar refractivity (Wildman–Crippen MR) is 74.6 cm³/mol. The maximum Gasteiger partial charge on any atom is 0.376 e. The smallest absolute Gasteiger partial charge is 0.376 e. The topological polar surface area (TPSA) is 87.5 Å². The van der Waals surface area contributed by atoms with Crippen LogP contribution in [0.25, 0.3) is 5.76 Å². The molecule has 5 nitrogen and oxygen atoms in total. The van der Waals surface area contributed by atoms with E-state index in [1.54, 1.807) is 23.8 Å². The zero-order chi connectivity index (χ0) is 14.5. The molecule has 2 rings (SSSR count). The SMILES string of the molecule is O=C(O)C(=O)C=C(O)c1csc(Cc2ccncc2)c1. The van der Waals surface area contributed by atoms with Crippen molar-refractivity contribution in [3.8, 4) is 0 Å². The number of thiophene rings is 1. The van der Waals surface area contributed by atoms with E-state index in [1.165, 1.54) is 11.3 Å². The number of ketones is 1. The monoisotopic (exact) mass is 289 g/mol. The number of aliphatic hydroxyl groups is 1. The summed E-state index contributed by atoms with van der Waals surface area (Å²) in [6.07, 6.45) is 4.80. The molecule has 0 aliphatic rings. The molecule has 0 saturated heterocycles. The van der Waals surface area contributed by atoms with Crippen LogP contribution in [0.3, 0.4) is 0 Å². The van der Waals surface area contributed by atoms with Crippen molar-refractivity contribution in [2.45, 2.75) is 6.42 Å². The van der Waals surface area contributed by atoms with Gasteiger partial charge in [-0.25, -0.2) is 4.79 Å². The van der Waals surface area contributed by atoms with Gasteiger partial charge in [-0.1, -0.05) is 0 Å². The van der Waals surface area contributed by atoms with Gasteiger partial charge in [0.25, 0.3) is 5.78 Å². The summed E-state index contributed by atoms with van der Waals surface area (Å²) in [7, 11) is 0. The number of aliphatic hydroxyl groups excluding tert-OH is 1. The zero-order valence-corrected chi connectivity index (χ0v) is 11.1. The van der Waals surface area contributed by atoms with Crippen molar-refractivity contribution in [2.75, 3.05) is 0 Å². The molecule has 0 fully saturated rings. The number of carboxylic acids is 1. The number of carbonyl (C=O) groups is 2. The lowest BCUT2D eigenvalue weighted by atomic mass is 10.1. The fraction of sp³-hybridized carbons (Fsp3) is 0.0714. The van der Waals surface area contributed by atoms with Gasteiger partial charge in [0.05, 0.1) is 0 Å². The molecule has 0 unspecified atom stereocenters. The van der Waals surface area contributed by atoms with E-state index < -0.39 is 11.8 Å². The molecule has 2 aromatic rings. The van der Waals surface area contributed by atoms with Gasteiger partial charge >= 0.3 is 5.97 Å². The summed E-state index contributed by atoms with van der Waals surface area (Å²) in [5, 5.41) is 19.8. The van der Waals surface area contributed by atoms with Crippen LogP contribution in [0, 0.1) is 0 Å². The number of rotatable bonds is 5. The quantitative estimate of drug-likeness (QED) is 0.501. The first-order valence-electron chi connectivity index (χ1n) is 5.71. The van der Waals surface area contributed by atoms with E-state index in [-0.39, 0.29) is 5.76 Å². The fourth-order valence-electron chi connectivity index (χ4n) is 1.58. The van der Waals surface area contributed by atoms with E-state index in [9.17, 15) is 14.7 Å². The molecule has 0 amide bonds. The highest BCUT2D eigenvalue weighted by molar-refractivity contribution is 7.10. The van der Waals surface area contributed by atoms with Crippen LogP contribution in [0.1, 0.15) is 16.0 Å². The first-order chi connectivity index (χ1) is 9.56. The summed E-state index contributed by atoms with van der Waals surface area (Å²) in [6.45, 7) is 0. The number of nitrogens with zero attached hydrogens (tertiary/aromatic N) is 1. The third kappa shape index (κ3) is 3.52. The van der Waals surface area contributed by atoms with Gasteiger partial charge in [0, 0.05) is 40.7 Å². The lowest BCUT2D eigenvalue weighted by molar-refractivity contribution is -0.146. The molecule has 0 atom stereocenters. The molecular weight excluding hydrogens is 278 g/mol. The number of hydrogen-bond acceptors (Lipinski definition) is 5. The molecule has 0 spiro atoms. The number of carbonyl (C=O) groups excluding carboxylic acids is 1. The summed E-state index contributed by atoms with van der Waals surface area (Å²) >= 11 is 1.43. The average Bonchev–Trinajstić information content (AvgIpc) is 2.88. The van der Waals surface area contributed by atoms with Crippen LogP contribution < -0.4 is 0 Å². The Morgan fingerprint density at radius 3 is 2.60 bits per heavy atom. The molecule has 0 aliphatic heterocycles. The molecule has 102 valence electrons. The highest BCUT2D eigenvalue weighted by Gasteiger charge is 2.11. The summed E-state index contributed by atoms with van der Waals surface area (Å²) < 4.78 is 0. The zero-order valence-electron chi connectivity index (χ0n) is 10.3. The second-order valence-corrected chi connectivity index (χ2v) is 5.03. The van der Waals surface area contributed by atoms with Crippen LogP contribution in [-0.2, 0) is 16.0 Å². The van der Waals surface area contributed by atoms with Crippen LogP contribution in [-0.4, -0.2) is 26.9 Å². The fourth-order valence-corrected chi connectivity index (χ4v) is 2.49. The van der Waals surface area contributed by atoms with Crippen molar-refractivity contribution in [3.63, 3.8) is 0 Å². The third-order valence-corrected chi connectivity index (χ3v) is 3.49. The maximum absolute atomic E-state index is 11.0. The van der Waals surface area contributed by atoms with Crippen LogP contribution in [0.4, 0.5) is 0 Å². The average molecular weight is 289 g/mol. The van der Waals surface area contributed by atoms with Gasteiger partial charge in [-0.2, -0.15) is 0 Å². The Labute approximate surface area is 118 Å². The number of aromatic nitrogens is 1. The Bertz CT molecular complexity index is 661.